The molecular formula is C22H21NO. The molecule has 2 heteroatoms. The molecule has 0 unspecified atom stereocenters. The van der Waals surface area contributed by atoms with E-state index in [1.165, 1.54) is 11.1 Å². The highest BCUT2D eigenvalue weighted by Crippen LogP contribution is 2.22. The van der Waals surface area contributed by atoms with Gasteiger partial charge in [0.05, 0.1) is 0 Å². The van der Waals surface area contributed by atoms with Crippen molar-refractivity contribution < 1.29 is 4.79 Å². The van der Waals surface area contributed by atoms with Crippen LogP contribution in [0.5, 0.6) is 0 Å². The summed E-state index contributed by atoms with van der Waals surface area (Å²) in [6.45, 7) is 2.08. The van der Waals surface area contributed by atoms with Gasteiger partial charge in [-0.1, -0.05) is 79.7 Å². The van der Waals surface area contributed by atoms with Crippen LogP contribution in [0.4, 0.5) is 5.69 Å². The van der Waals surface area contributed by atoms with Crippen LogP contribution in [-0.2, 0) is 4.79 Å². The van der Waals surface area contributed by atoms with Crippen LogP contribution < -0.4 is 5.32 Å². The lowest BCUT2D eigenvalue weighted by Crippen LogP contribution is -2.14. The van der Waals surface area contributed by atoms with Crippen LogP contribution in [0.3, 0.4) is 0 Å². The topological polar surface area (TPSA) is 29.1 Å². The first-order valence-electron chi connectivity index (χ1n) is 8.22. The predicted octanol–water partition coefficient (Wildman–Crippen LogP) is 5.49. The summed E-state index contributed by atoms with van der Waals surface area (Å²) < 4.78 is 0. The van der Waals surface area contributed by atoms with Crippen LogP contribution in [0.1, 0.15) is 24.8 Å². The molecule has 1 amide bonds. The average molecular weight is 315 g/mol. The molecule has 0 aliphatic carbocycles. The second kappa shape index (κ2) is 7.60. The van der Waals surface area contributed by atoms with E-state index in [1.807, 2.05) is 60.7 Å². The number of hydrogen-bond donors (Lipinski definition) is 1. The zero-order valence-corrected chi connectivity index (χ0v) is 13.8. The molecule has 24 heavy (non-hydrogen) atoms. The van der Waals surface area contributed by atoms with E-state index in [0.29, 0.717) is 6.42 Å². The van der Waals surface area contributed by atoms with E-state index in [2.05, 4.69) is 36.5 Å². The van der Waals surface area contributed by atoms with Crippen molar-refractivity contribution in [1.29, 1.82) is 0 Å². The molecule has 3 aromatic carbocycles. The maximum absolute atomic E-state index is 12.2. The van der Waals surface area contributed by atoms with Crippen molar-refractivity contribution >= 4 is 11.6 Å². The molecule has 0 aromatic heterocycles. The fraction of sp³-hybridized carbons (Fsp3) is 0.136. The summed E-state index contributed by atoms with van der Waals surface area (Å²) >= 11 is 0. The molecule has 0 fully saturated rings. The van der Waals surface area contributed by atoms with Crippen molar-refractivity contribution in [3.63, 3.8) is 0 Å². The van der Waals surface area contributed by atoms with Crippen molar-refractivity contribution in [2.75, 3.05) is 5.32 Å². The fourth-order valence-corrected chi connectivity index (χ4v) is 2.77. The molecule has 1 atom stereocenters. The van der Waals surface area contributed by atoms with Crippen LogP contribution in [0.25, 0.3) is 11.1 Å². The lowest BCUT2D eigenvalue weighted by atomic mass is 9.97. The summed E-state index contributed by atoms with van der Waals surface area (Å²) in [5, 5.41) is 2.98. The third-order valence-electron chi connectivity index (χ3n) is 4.14. The molecule has 0 aliphatic rings. The zero-order chi connectivity index (χ0) is 16.8. The van der Waals surface area contributed by atoms with Gasteiger partial charge >= 0.3 is 0 Å². The predicted molar refractivity (Wildman–Crippen MR) is 100.0 cm³/mol. The van der Waals surface area contributed by atoms with Crippen LogP contribution in [0, 0.1) is 0 Å². The zero-order valence-electron chi connectivity index (χ0n) is 13.8. The third kappa shape index (κ3) is 4.11. The van der Waals surface area contributed by atoms with E-state index in [1.54, 1.807) is 0 Å². The van der Waals surface area contributed by atoms with Gasteiger partial charge in [0.1, 0.15) is 0 Å². The normalized spacial score (nSPS) is 11.7. The maximum atomic E-state index is 12.2. The molecular weight excluding hydrogens is 294 g/mol. The van der Waals surface area contributed by atoms with Crippen LogP contribution in [0.15, 0.2) is 84.9 Å². The van der Waals surface area contributed by atoms with Gasteiger partial charge in [-0.25, -0.2) is 0 Å². The van der Waals surface area contributed by atoms with E-state index in [0.717, 1.165) is 11.3 Å². The Balaban J connectivity index is 1.61. The monoisotopic (exact) mass is 315 g/mol. The van der Waals surface area contributed by atoms with Crippen molar-refractivity contribution in [2.45, 2.75) is 19.3 Å². The molecule has 1 N–H and O–H groups in total. The molecule has 120 valence electrons. The summed E-state index contributed by atoms with van der Waals surface area (Å²) in [7, 11) is 0. The Hall–Kier alpha value is -2.87. The molecule has 2 nitrogen and oxygen atoms in total. The minimum atomic E-state index is 0.0406. The van der Waals surface area contributed by atoms with Gasteiger partial charge in [0.2, 0.25) is 5.91 Å². The number of rotatable bonds is 5. The van der Waals surface area contributed by atoms with Gasteiger partial charge in [0.15, 0.2) is 0 Å². The van der Waals surface area contributed by atoms with Gasteiger partial charge in [-0.2, -0.15) is 0 Å². The minimum Gasteiger partial charge on any atom is -0.326 e. The first-order chi connectivity index (χ1) is 11.7. The van der Waals surface area contributed by atoms with Gasteiger partial charge < -0.3 is 5.32 Å². The molecule has 0 spiro atoms. The number of amides is 1. The summed E-state index contributed by atoms with van der Waals surface area (Å²) in [6, 6.07) is 28.3. The Bertz CT molecular complexity index is 779. The highest BCUT2D eigenvalue weighted by molar-refractivity contribution is 5.91. The summed E-state index contributed by atoms with van der Waals surface area (Å²) in [4.78, 5) is 12.2. The molecule has 0 saturated carbocycles. The molecule has 0 bridgehead atoms. The smallest absolute Gasteiger partial charge is 0.224 e. The standard InChI is InChI=1S/C22H21NO/c1-17(18-8-4-2-5-9-18)16-22(24)23-21-14-12-20(13-15-21)19-10-6-3-7-11-19/h2-15,17H,16H2,1H3,(H,23,24)/t17-/m0/s1. The fourth-order valence-electron chi connectivity index (χ4n) is 2.77. The van der Waals surface area contributed by atoms with Crippen molar-refractivity contribution in [2.24, 2.45) is 0 Å². The molecule has 3 rings (SSSR count). The Morgan fingerprint density at radius 2 is 1.33 bits per heavy atom. The molecule has 3 aromatic rings. The Morgan fingerprint density at radius 1 is 0.792 bits per heavy atom. The number of carbonyl (C=O) groups is 1. The number of nitrogens with one attached hydrogen (secondary N) is 1. The summed E-state index contributed by atoms with van der Waals surface area (Å²) in [5.74, 6) is 0.244. The van der Waals surface area contributed by atoms with Gasteiger partial charge in [-0.15, -0.1) is 0 Å². The van der Waals surface area contributed by atoms with Crippen LogP contribution in [-0.4, -0.2) is 5.91 Å². The van der Waals surface area contributed by atoms with Gasteiger partial charge in [0, 0.05) is 12.1 Å². The largest absolute Gasteiger partial charge is 0.326 e. The SMILES string of the molecule is C[C@@H](CC(=O)Nc1ccc(-c2ccccc2)cc1)c1ccccc1. The summed E-state index contributed by atoms with van der Waals surface area (Å²) in [5.41, 5.74) is 4.34. The maximum Gasteiger partial charge on any atom is 0.224 e. The van der Waals surface area contributed by atoms with Crippen molar-refractivity contribution in [1.82, 2.24) is 0 Å². The van der Waals surface area contributed by atoms with Crippen LogP contribution >= 0.6 is 0 Å². The van der Waals surface area contributed by atoms with Gasteiger partial charge in [-0.05, 0) is 34.7 Å². The third-order valence-corrected chi connectivity index (χ3v) is 4.14. The second-order valence-electron chi connectivity index (χ2n) is 6.01. The average Bonchev–Trinajstić information content (AvgIpc) is 2.64. The number of anilines is 1. The molecule has 0 heterocycles. The van der Waals surface area contributed by atoms with Crippen molar-refractivity contribution in [3.05, 3.63) is 90.5 Å². The van der Waals surface area contributed by atoms with E-state index >= 15 is 0 Å². The van der Waals surface area contributed by atoms with Gasteiger partial charge in [-0.3, -0.25) is 4.79 Å². The first-order valence-corrected chi connectivity index (χ1v) is 8.22. The molecule has 0 radical (unpaired) electrons. The quantitative estimate of drug-likeness (QED) is 0.663. The van der Waals surface area contributed by atoms with Crippen LogP contribution in [0.2, 0.25) is 0 Å². The Morgan fingerprint density at radius 3 is 1.96 bits per heavy atom. The number of hydrogen-bond acceptors (Lipinski definition) is 1. The number of carbonyl (C=O) groups excluding carboxylic acids is 1. The first kappa shape index (κ1) is 16.0. The van der Waals surface area contributed by atoms with Crippen molar-refractivity contribution in [3.8, 4) is 11.1 Å². The van der Waals surface area contributed by atoms with Gasteiger partial charge in [0.25, 0.3) is 0 Å². The number of benzene rings is 3. The molecule has 0 aliphatic heterocycles. The summed E-state index contributed by atoms with van der Waals surface area (Å²) in [6.07, 6.45) is 0.477. The second-order valence-corrected chi connectivity index (χ2v) is 6.01. The highest BCUT2D eigenvalue weighted by Gasteiger charge is 2.11. The highest BCUT2D eigenvalue weighted by atomic mass is 16.1. The lowest BCUT2D eigenvalue weighted by molar-refractivity contribution is -0.116. The van der Waals surface area contributed by atoms with E-state index in [9.17, 15) is 4.79 Å². The van der Waals surface area contributed by atoms with E-state index in [4.69, 9.17) is 0 Å². The molecule has 0 saturated heterocycles. The van der Waals surface area contributed by atoms with E-state index < -0.39 is 0 Å². The van der Waals surface area contributed by atoms with E-state index in [-0.39, 0.29) is 11.8 Å². The lowest BCUT2D eigenvalue weighted by Gasteiger charge is -2.12. The Labute approximate surface area is 143 Å². The minimum absolute atomic E-state index is 0.0406. The Kier molecular flexibility index (Phi) is 5.07.